The Bertz CT molecular complexity index is 409. The van der Waals surface area contributed by atoms with Crippen LogP contribution in [0, 0.1) is 0 Å². The van der Waals surface area contributed by atoms with Gasteiger partial charge in [-0.15, -0.1) is 0 Å². The minimum absolute atomic E-state index is 0.567. The number of carbonyl (C=O) groups is 1. The lowest BCUT2D eigenvalue weighted by molar-refractivity contribution is -0.122. The van der Waals surface area contributed by atoms with Gasteiger partial charge in [0.25, 0.3) is 5.91 Å². The van der Waals surface area contributed by atoms with Gasteiger partial charge in [-0.25, -0.2) is 4.39 Å². The Hall–Kier alpha value is 0.130. The summed E-state index contributed by atoms with van der Waals surface area (Å²) in [7, 11) is 0. The monoisotopic (exact) mass is 349 g/mol. The van der Waals surface area contributed by atoms with Crippen molar-refractivity contribution in [3.05, 3.63) is 29.3 Å². The second-order valence-electron chi connectivity index (χ2n) is 3.19. The fourth-order valence-corrected chi connectivity index (χ4v) is 2.59. The van der Waals surface area contributed by atoms with Crippen LogP contribution in [0.25, 0.3) is 0 Å². The Morgan fingerprint density at radius 1 is 1.33 bits per heavy atom. The molecule has 2 nitrogen and oxygen atoms in total. The molecule has 18 heavy (non-hydrogen) atoms. The molecule has 0 spiro atoms. The molecule has 0 saturated heterocycles. The van der Waals surface area contributed by atoms with Crippen LogP contribution in [0.2, 0.25) is 5.02 Å². The number of carbonyl (C=O) groups excluding carboxylic acids is 1. The van der Waals surface area contributed by atoms with Gasteiger partial charge in [0, 0.05) is 9.92 Å². The largest absolute Gasteiger partial charge is 0.338 e. The Labute approximate surface area is 128 Å². The highest BCUT2D eigenvalue weighted by Gasteiger charge is 2.34. The number of rotatable bonds is 4. The fraction of sp³-hybridized carbons (Fsp3) is 0.300. The molecule has 1 aromatic carbocycles. The van der Waals surface area contributed by atoms with Gasteiger partial charge in [0.15, 0.2) is 6.67 Å². The van der Waals surface area contributed by atoms with Crippen LogP contribution in [0.5, 0.6) is 0 Å². The second-order valence-corrected chi connectivity index (χ2v) is 7.18. The second kappa shape index (κ2) is 7.06. The fourth-order valence-electron chi connectivity index (χ4n) is 1.01. The Morgan fingerprint density at radius 2 is 1.89 bits per heavy atom. The summed E-state index contributed by atoms with van der Waals surface area (Å²) in [6.07, 6.45) is 0. The van der Waals surface area contributed by atoms with E-state index < -0.39 is 21.7 Å². The number of hydrogen-bond donors (Lipinski definition) is 1. The normalized spacial score (nSPS) is 13.2. The summed E-state index contributed by atoms with van der Waals surface area (Å²) in [5.74, 6) is -0.840. The van der Waals surface area contributed by atoms with Crippen molar-refractivity contribution in [1.29, 1.82) is 0 Å². The average Bonchev–Trinajstić information content (AvgIpc) is 2.29. The molecule has 0 saturated carbocycles. The molecule has 1 rings (SSSR count). The van der Waals surface area contributed by atoms with Gasteiger partial charge in [-0.2, -0.15) is 0 Å². The third kappa shape index (κ3) is 5.41. The van der Waals surface area contributed by atoms with Crippen LogP contribution in [-0.4, -0.2) is 21.7 Å². The van der Waals surface area contributed by atoms with Gasteiger partial charge in [-0.05, 0) is 24.3 Å². The first-order valence-corrected chi connectivity index (χ1v) is 7.06. The maximum atomic E-state index is 12.2. The van der Waals surface area contributed by atoms with Crippen molar-refractivity contribution in [2.24, 2.45) is 0 Å². The summed E-state index contributed by atoms with van der Waals surface area (Å²) in [6.45, 7) is -1.17. The van der Waals surface area contributed by atoms with Crippen molar-refractivity contribution in [1.82, 2.24) is 5.32 Å². The van der Waals surface area contributed by atoms with Gasteiger partial charge in [0.1, 0.15) is 5.37 Å². The molecule has 1 N–H and O–H groups in total. The van der Waals surface area contributed by atoms with Crippen LogP contribution in [-0.2, 0) is 4.79 Å². The van der Waals surface area contributed by atoms with E-state index in [-0.39, 0.29) is 0 Å². The van der Waals surface area contributed by atoms with Crippen LogP contribution in [0.15, 0.2) is 29.2 Å². The molecule has 0 radical (unpaired) electrons. The molecule has 1 atom stereocenters. The van der Waals surface area contributed by atoms with E-state index in [0.29, 0.717) is 5.02 Å². The van der Waals surface area contributed by atoms with Crippen molar-refractivity contribution >= 4 is 64.1 Å². The van der Waals surface area contributed by atoms with E-state index >= 15 is 0 Å². The molecule has 8 heteroatoms. The Balaban J connectivity index is 2.78. The molecule has 0 aliphatic heterocycles. The summed E-state index contributed by atoms with van der Waals surface area (Å²) in [4.78, 5) is 11.7. The van der Waals surface area contributed by atoms with Gasteiger partial charge < -0.3 is 5.32 Å². The minimum atomic E-state index is -1.75. The Morgan fingerprint density at radius 3 is 2.33 bits per heavy atom. The first-order chi connectivity index (χ1) is 8.32. The quantitative estimate of drug-likeness (QED) is 0.500. The van der Waals surface area contributed by atoms with E-state index in [2.05, 4.69) is 5.32 Å². The van der Waals surface area contributed by atoms with Gasteiger partial charge in [0.2, 0.25) is 3.79 Å². The average molecular weight is 351 g/mol. The maximum absolute atomic E-state index is 12.2. The summed E-state index contributed by atoms with van der Waals surface area (Å²) in [5.41, 5.74) is 0. The van der Waals surface area contributed by atoms with Gasteiger partial charge in [0.05, 0.1) is 0 Å². The van der Waals surface area contributed by atoms with Crippen molar-refractivity contribution in [3.8, 4) is 0 Å². The zero-order valence-corrected chi connectivity index (χ0v) is 12.6. The molecule has 0 bridgehead atoms. The molecule has 0 heterocycles. The Kier molecular flexibility index (Phi) is 6.35. The van der Waals surface area contributed by atoms with E-state index in [1.807, 2.05) is 0 Å². The van der Waals surface area contributed by atoms with Crippen molar-refractivity contribution in [2.75, 3.05) is 6.67 Å². The third-order valence-electron chi connectivity index (χ3n) is 1.78. The molecule has 1 unspecified atom stereocenters. The number of halogens is 5. The lowest BCUT2D eigenvalue weighted by atomic mass is 10.4. The zero-order valence-electron chi connectivity index (χ0n) is 8.80. The van der Waals surface area contributed by atoms with Crippen molar-refractivity contribution in [3.63, 3.8) is 0 Å². The highest BCUT2D eigenvalue weighted by Crippen LogP contribution is 2.39. The summed E-state index contributed by atoms with van der Waals surface area (Å²) >= 11 is 24.0. The zero-order chi connectivity index (χ0) is 13.8. The number of benzene rings is 1. The molecule has 0 fully saturated rings. The molecular weight excluding hydrogens is 343 g/mol. The van der Waals surface area contributed by atoms with Crippen molar-refractivity contribution in [2.45, 2.75) is 14.1 Å². The van der Waals surface area contributed by atoms with E-state index in [4.69, 9.17) is 46.4 Å². The predicted octanol–water partition coefficient (Wildman–Crippen LogP) is 4.21. The smallest absolute Gasteiger partial charge is 0.252 e. The predicted molar refractivity (Wildman–Crippen MR) is 75.5 cm³/mol. The number of hydrogen-bond acceptors (Lipinski definition) is 2. The first kappa shape index (κ1) is 16.2. The molecule has 0 aromatic heterocycles. The first-order valence-electron chi connectivity index (χ1n) is 4.67. The van der Waals surface area contributed by atoms with E-state index in [1.165, 1.54) is 0 Å². The number of thioether (sulfide) groups is 1. The highest BCUT2D eigenvalue weighted by atomic mass is 35.6. The number of alkyl halides is 4. The van der Waals surface area contributed by atoms with E-state index in [0.717, 1.165) is 16.7 Å². The van der Waals surface area contributed by atoms with Crippen LogP contribution < -0.4 is 5.32 Å². The molecular formula is C10H8Cl4FNOS. The molecule has 0 aliphatic carbocycles. The van der Waals surface area contributed by atoms with Crippen LogP contribution in [0.1, 0.15) is 0 Å². The molecule has 0 aliphatic rings. The van der Waals surface area contributed by atoms with Crippen LogP contribution in [0.4, 0.5) is 4.39 Å². The molecule has 100 valence electrons. The SMILES string of the molecule is O=C(CF)NC(Sc1ccc(Cl)cc1)C(Cl)(Cl)Cl. The van der Waals surface area contributed by atoms with E-state index in [9.17, 15) is 9.18 Å². The van der Waals surface area contributed by atoms with E-state index in [1.54, 1.807) is 24.3 Å². The highest BCUT2D eigenvalue weighted by molar-refractivity contribution is 8.00. The van der Waals surface area contributed by atoms with Gasteiger partial charge in [-0.3, -0.25) is 4.79 Å². The maximum Gasteiger partial charge on any atom is 0.252 e. The number of amides is 1. The summed E-state index contributed by atoms with van der Waals surface area (Å²) in [6, 6.07) is 6.74. The number of nitrogens with one attached hydrogen (secondary N) is 1. The minimum Gasteiger partial charge on any atom is -0.338 e. The summed E-state index contributed by atoms with van der Waals surface area (Å²) < 4.78 is 10.4. The summed E-state index contributed by atoms with van der Waals surface area (Å²) in [5, 5.41) is 1.96. The molecule has 1 amide bonds. The van der Waals surface area contributed by atoms with Crippen LogP contribution in [0.3, 0.4) is 0 Å². The topological polar surface area (TPSA) is 29.1 Å². The van der Waals surface area contributed by atoms with Gasteiger partial charge >= 0.3 is 0 Å². The van der Waals surface area contributed by atoms with Crippen molar-refractivity contribution < 1.29 is 9.18 Å². The third-order valence-corrected chi connectivity index (χ3v) is 4.32. The van der Waals surface area contributed by atoms with Gasteiger partial charge in [-0.1, -0.05) is 58.2 Å². The lowest BCUT2D eigenvalue weighted by Gasteiger charge is -2.24. The molecule has 1 aromatic rings. The lowest BCUT2D eigenvalue weighted by Crippen LogP contribution is -2.42. The standard InChI is InChI=1S/C10H8Cl4FNOS/c11-6-1-3-7(4-2-6)18-9(10(12,13)14)16-8(17)5-15/h1-4,9H,5H2,(H,16,17). The van der Waals surface area contributed by atoms with Crippen LogP contribution >= 0.6 is 58.2 Å².